The van der Waals surface area contributed by atoms with Gasteiger partial charge in [-0.05, 0) is 47.5 Å². The molecule has 1 N–H and O–H groups in total. The molecule has 0 saturated carbocycles. The molecule has 0 atom stereocenters. The van der Waals surface area contributed by atoms with Gasteiger partial charge in [0.2, 0.25) is 6.79 Å². The standard InChI is InChI=1S/C21H17BrO6/c1-25-18-5-12(2-3-17(18)23)4-14-9-26-10-15(21(14)24)6-13-7-19-20(8-16(13)22)28-11-27-19/h2-8,23H,9-11H2,1H3/b14-4+,15-6+. The van der Waals surface area contributed by atoms with Gasteiger partial charge in [0.25, 0.3) is 0 Å². The number of hydrogen-bond acceptors (Lipinski definition) is 6. The van der Waals surface area contributed by atoms with Crippen molar-refractivity contribution in [1.82, 2.24) is 0 Å². The Hall–Kier alpha value is -2.77. The number of benzene rings is 2. The van der Waals surface area contributed by atoms with Crippen LogP contribution >= 0.6 is 15.9 Å². The Morgan fingerprint density at radius 1 is 1.07 bits per heavy atom. The third-order valence-corrected chi connectivity index (χ3v) is 5.15. The lowest BCUT2D eigenvalue weighted by Crippen LogP contribution is -2.21. The molecule has 4 rings (SSSR count). The molecule has 0 bridgehead atoms. The molecule has 6 nitrogen and oxygen atoms in total. The molecular weight excluding hydrogens is 428 g/mol. The van der Waals surface area contributed by atoms with Gasteiger partial charge in [0.1, 0.15) is 0 Å². The lowest BCUT2D eigenvalue weighted by molar-refractivity contribution is -0.114. The van der Waals surface area contributed by atoms with E-state index < -0.39 is 0 Å². The zero-order valence-corrected chi connectivity index (χ0v) is 16.6. The summed E-state index contributed by atoms with van der Waals surface area (Å²) in [6.45, 7) is 0.643. The zero-order valence-electron chi connectivity index (χ0n) is 15.0. The van der Waals surface area contributed by atoms with Crippen molar-refractivity contribution in [3.63, 3.8) is 0 Å². The number of methoxy groups -OCH3 is 1. The Kier molecular flexibility index (Phi) is 5.11. The van der Waals surface area contributed by atoms with Crippen LogP contribution < -0.4 is 14.2 Å². The topological polar surface area (TPSA) is 74.2 Å². The molecule has 1 saturated heterocycles. The first-order chi connectivity index (χ1) is 13.5. The van der Waals surface area contributed by atoms with E-state index in [4.69, 9.17) is 18.9 Å². The summed E-state index contributed by atoms with van der Waals surface area (Å²) >= 11 is 3.50. The summed E-state index contributed by atoms with van der Waals surface area (Å²) in [5.41, 5.74) is 2.63. The van der Waals surface area contributed by atoms with Gasteiger partial charge in [-0.2, -0.15) is 0 Å². The maximum atomic E-state index is 12.9. The molecule has 0 aliphatic carbocycles. The van der Waals surface area contributed by atoms with Crippen molar-refractivity contribution >= 4 is 33.9 Å². The highest BCUT2D eigenvalue weighted by atomic mass is 79.9. The van der Waals surface area contributed by atoms with Gasteiger partial charge in [-0.25, -0.2) is 0 Å². The molecule has 1 fully saturated rings. The van der Waals surface area contributed by atoms with Gasteiger partial charge in [-0.1, -0.05) is 22.0 Å². The molecule has 0 spiro atoms. The number of phenols is 1. The number of aromatic hydroxyl groups is 1. The largest absolute Gasteiger partial charge is 0.504 e. The Morgan fingerprint density at radius 2 is 1.79 bits per heavy atom. The van der Waals surface area contributed by atoms with E-state index in [1.54, 1.807) is 24.3 Å². The van der Waals surface area contributed by atoms with Gasteiger partial charge in [-0.3, -0.25) is 4.79 Å². The number of carbonyl (C=O) groups is 1. The van der Waals surface area contributed by atoms with E-state index >= 15 is 0 Å². The minimum Gasteiger partial charge on any atom is -0.504 e. The first kappa shape index (κ1) is 18.6. The highest BCUT2D eigenvalue weighted by molar-refractivity contribution is 9.10. The Morgan fingerprint density at radius 3 is 2.54 bits per heavy atom. The molecule has 2 aliphatic rings. The number of phenolic OH excluding ortho intramolecular Hbond substituents is 1. The van der Waals surface area contributed by atoms with E-state index in [0.29, 0.717) is 28.4 Å². The molecular formula is C21H17BrO6. The van der Waals surface area contributed by atoms with Crippen LogP contribution in [0, 0.1) is 0 Å². The number of fused-ring (bicyclic) bond motifs is 1. The zero-order chi connectivity index (χ0) is 19.7. The Bertz CT molecular complexity index is 1010. The fourth-order valence-corrected chi connectivity index (χ4v) is 3.48. The van der Waals surface area contributed by atoms with E-state index in [1.165, 1.54) is 13.2 Å². The van der Waals surface area contributed by atoms with Gasteiger partial charge < -0.3 is 24.1 Å². The quantitative estimate of drug-likeness (QED) is 0.722. The van der Waals surface area contributed by atoms with E-state index in [1.807, 2.05) is 12.1 Å². The normalized spacial score (nSPS) is 18.7. The van der Waals surface area contributed by atoms with Crippen LogP contribution in [0.25, 0.3) is 12.2 Å². The van der Waals surface area contributed by atoms with Crippen LogP contribution in [0.2, 0.25) is 0 Å². The van der Waals surface area contributed by atoms with E-state index in [9.17, 15) is 9.90 Å². The lowest BCUT2D eigenvalue weighted by atomic mass is 9.97. The molecule has 2 aromatic rings. The molecule has 2 heterocycles. The molecule has 0 amide bonds. The minimum absolute atomic E-state index is 0.0455. The second kappa shape index (κ2) is 7.69. The van der Waals surface area contributed by atoms with Crippen molar-refractivity contribution in [1.29, 1.82) is 0 Å². The predicted molar refractivity (Wildman–Crippen MR) is 107 cm³/mol. The summed E-state index contributed by atoms with van der Waals surface area (Å²) in [5.74, 6) is 1.62. The van der Waals surface area contributed by atoms with Crippen LogP contribution in [0.5, 0.6) is 23.0 Å². The Balaban J connectivity index is 1.64. The number of hydrogen-bond donors (Lipinski definition) is 1. The first-order valence-electron chi connectivity index (χ1n) is 8.55. The van der Waals surface area contributed by atoms with Crippen molar-refractivity contribution < 1.29 is 28.8 Å². The van der Waals surface area contributed by atoms with E-state index in [2.05, 4.69) is 15.9 Å². The monoisotopic (exact) mass is 444 g/mol. The number of ketones is 1. The number of halogens is 1. The molecule has 28 heavy (non-hydrogen) atoms. The van der Waals surface area contributed by atoms with Crippen LogP contribution in [-0.2, 0) is 9.53 Å². The van der Waals surface area contributed by atoms with Gasteiger partial charge in [0.05, 0.1) is 20.3 Å². The van der Waals surface area contributed by atoms with E-state index in [0.717, 1.165) is 15.6 Å². The molecule has 144 valence electrons. The summed E-state index contributed by atoms with van der Waals surface area (Å²) in [6, 6.07) is 8.56. The first-order valence-corrected chi connectivity index (χ1v) is 9.34. The third-order valence-electron chi connectivity index (χ3n) is 4.46. The molecule has 0 aromatic heterocycles. The predicted octanol–water partition coefficient (Wildman–Crippen LogP) is 3.96. The molecule has 7 heteroatoms. The molecule has 2 aliphatic heterocycles. The summed E-state index contributed by atoms with van der Waals surface area (Å²) in [4.78, 5) is 12.9. The molecule has 2 aromatic carbocycles. The van der Waals surface area contributed by atoms with Gasteiger partial charge >= 0.3 is 0 Å². The van der Waals surface area contributed by atoms with Crippen LogP contribution in [0.1, 0.15) is 11.1 Å². The third kappa shape index (κ3) is 3.63. The van der Waals surface area contributed by atoms with Gasteiger partial charge in [0, 0.05) is 15.6 Å². The van der Waals surface area contributed by atoms with Crippen molar-refractivity contribution in [2.45, 2.75) is 0 Å². The maximum absolute atomic E-state index is 12.9. The smallest absolute Gasteiger partial charge is 0.231 e. The fraction of sp³-hybridized carbons (Fsp3) is 0.190. The number of rotatable bonds is 3. The second-order valence-electron chi connectivity index (χ2n) is 6.32. The number of carbonyl (C=O) groups excluding carboxylic acids is 1. The fourth-order valence-electron chi connectivity index (χ4n) is 3.04. The number of ether oxygens (including phenoxy) is 4. The average molecular weight is 445 g/mol. The maximum Gasteiger partial charge on any atom is 0.231 e. The minimum atomic E-state index is -0.0807. The highest BCUT2D eigenvalue weighted by Crippen LogP contribution is 2.38. The van der Waals surface area contributed by atoms with Crippen LogP contribution in [0.3, 0.4) is 0 Å². The van der Waals surface area contributed by atoms with Crippen LogP contribution in [0.4, 0.5) is 0 Å². The van der Waals surface area contributed by atoms with Gasteiger partial charge in [-0.15, -0.1) is 0 Å². The molecule has 0 radical (unpaired) electrons. The lowest BCUT2D eigenvalue weighted by Gasteiger charge is -2.18. The summed E-state index contributed by atoms with van der Waals surface area (Å²) < 4.78 is 22.3. The van der Waals surface area contributed by atoms with Crippen molar-refractivity contribution in [2.24, 2.45) is 0 Å². The summed E-state index contributed by atoms with van der Waals surface area (Å²) in [6.07, 6.45) is 3.53. The van der Waals surface area contributed by atoms with Crippen molar-refractivity contribution in [3.8, 4) is 23.0 Å². The van der Waals surface area contributed by atoms with Crippen molar-refractivity contribution in [3.05, 3.63) is 57.1 Å². The highest BCUT2D eigenvalue weighted by Gasteiger charge is 2.23. The van der Waals surface area contributed by atoms with Crippen LogP contribution in [0.15, 0.2) is 46.0 Å². The molecule has 0 unspecified atom stereocenters. The number of Topliss-reactive ketones (excluding diaryl/α,β-unsaturated/α-hetero) is 1. The van der Waals surface area contributed by atoms with Crippen LogP contribution in [-0.4, -0.2) is 38.0 Å². The van der Waals surface area contributed by atoms with Crippen molar-refractivity contribution in [2.75, 3.05) is 27.1 Å². The van der Waals surface area contributed by atoms with Gasteiger partial charge in [0.15, 0.2) is 28.8 Å². The SMILES string of the molecule is COc1cc(/C=C2\COC/C(=C\c3cc4c(cc3Br)OCO4)C2=O)ccc1O. The average Bonchev–Trinajstić information content (AvgIpc) is 3.13. The summed E-state index contributed by atoms with van der Waals surface area (Å²) in [5, 5.41) is 9.72. The second-order valence-corrected chi connectivity index (χ2v) is 7.17. The summed E-state index contributed by atoms with van der Waals surface area (Å²) in [7, 11) is 1.48. The Labute approximate surface area is 170 Å². The van der Waals surface area contributed by atoms with E-state index in [-0.39, 0.29) is 31.5 Å².